The van der Waals surface area contributed by atoms with Crippen molar-refractivity contribution < 1.29 is 14.3 Å². The van der Waals surface area contributed by atoms with Crippen molar-refractivity contribution in [1.82, 2.24) is 9.88 Å². The predicted molar refractivity (Wildman–Crippen MR) is 111 cm³/mol. The van der Waals surface area contributed by atoms with E-state index in [4.69, 9.17) is 4.74 Å². The number of benzene rings is 1. The van der Waals surface area contributed by atoms with Crippen LogP contribution in [0.1, 0.15) is 37.7 Å². The van der Waals surface area contributed by atoms with Gasteiger partial charge in [-0.1, -0.05) is 31.4 Å². The number of methoxy groups -OCH3 is 1. The summed E-state index contributed by atoms with van der Waals surface area (Å²) in [5.41, 5.74) is 0.916. The van der Waals surface area contributed by atoms with E-state index in [-0.39, 0.29) is 24.8 Å². The molecule has 0 radical (unpaired) electrons. The van der Waals surface area contributed by atoms with Gasteiger partial charge >= 0.3 is 0 Å². The number of amides is 2. The normalized spacial score (nSPS) is 14.5. The molecule has 1 aromatic heterocycles. The third kappa shape index (κ3) is 6.05. The lowest BCUT2D eigenvalue weighted by Gasteiger charge is -2.29. The number of ether oxygens (including phenoxy) is 1. The number of hydrogen-bond acceptors (Lipinski definition) is 5. The van der Waals surface area contributed by atoms with Crippen molar-refractivity contribution in [2.75, 3.05) is 25.5 Å². The molecule has 1 aliphatic carbocycles. The number of nitrogens with zero attached hydrogens (tertiary/aromatic N) is 2. The lowest BCUT2D eigenvalue weighted by molar-refractivity contribution is -0.134. The Kier molecular flexibility index (Phi) is 7.42. The van der Waals surface area contributed by atoms with Crippen LogP contribution in [-0.2, 0) is 16.0 Å². The van der Waals surface area contributed by atoms with E-state index in [1.807, 2.05) is 29.6 Å². The Hall–Kier alpha value is -2.41. The first kappa shape index (κ1) is 20.3. The van der Waals surface area contributed by atoms with Crippen molar-refractivity contribution in [3.05, 3.63) is 41.4 Å². The molecule has 150 valence electrons. The van der Waals surface area contributed by atoms with Gasteiger partial charge in [-0.25, -0.2) is 4.98 Å². The molecule has 1 aromatic carbocycles. The molecule has 0 aliphatic heterocycles. The molecule has 7 heteroatoms. The van der Waals surface area contributed by atoms with E-state index in [2.05, 4.69) is 10.3 Å². The van der Waals surface area contributed by atoms with Crippen molar-refractivity contribution in [1.29, 1.82) is 0 Å². The molecular weight excluding hydrogens is 374 g/mol. The van der Waals surface area contributed by atoms with Crippen molar-refractivity contribution in [2.45, 2.75) is 38.5 Å². The number of carbonyl (C=O) groups excluding carboxylic acids is 2. The zero-order valence-electron chi connectivity index (χ0n) is 16.2. The highest BCUT2D eigenvalue weighted by Crippen LogP contribution is 2.25. The highest BCUT2D eigenvalue weighted by molar-refractivity contribution is 7.13. The second kappa shape index (κ2) is 10.2. The minimum absolute atomic E-state index is 0.0231. The molecule has 1 fully saturated rings. The van der Waals surface area contributed by atoms with Gasteiger partial charge in [-0.2, -0.15) is 0 Å². The summed E-state index contributed by atoms with van der Waals surface area (Å²) in [4.78, 5) is 31.2. The highest BCUT2D eigenvalue weighted by atomic mass is 32.1. The van der Waals surface area contributed by atoms with Gasteiger partial charge in [-0.05, 0) is 36.5 Å². The zero-order chi connectivity index (χ0) is 19.8. The van der Waals surface area contributed by atoms with Gasteiger partial charge in [0.05, 0.1) is 20.1 Å². The van der Waals surface area contributed by atoms with Gasteiger partial charge in [0.2, 0.25) is 11.8 Å². The molecule has 2 aromatic rings. The molecule has 2 amide bonds. The van der Waals surface area contributed by atoms with E-state index < -0.39 is 0 Å². The summed E-state index contributed by atoms with van der Waals surface area (Å²) in [6, 6.07) is 7.49. The van der Waals surface area contributed by atoms with E-state index in [0.717, 1.165) is 24.2 Å². The average Bonchev–Trinajstić information content (AvgIpc) is 3.21. The number of carbonyl (C=O) groups is 2. The fourth-order valence-corrected chi connectivity index (χ4v) is 4.13. The zero-order valence-corrected chi connectivity index (χ0v) is 17.0. The predicted octanol–water partition coefficient (Wildman–Crippen LogP) is 3.74. The second-order valence-electron chi connectivity index (χ2n) is 7.19. The van der Waals surface area contributed by atoms with Gasteiger partial charge in [0, 0.05) is 18.1 Å². The van der Waals surface area contributed by atoms with Crippen LogP contribution in [-0.4, -0.2) is 41.9 Å². The van der Waals surface area contributed by atoms with E-state index >= 15 is 0 Å². The average molecular weight is 402 g/mol. The van der Waals surface area contributed by atoms with E-state index in [9.17, 15) is 9.59 Å². The van der Waals surface area contributed by atoms with Crippen LogP contribution in [0.4, 0.5) is 5.13 Å². The van der Waals surface area contributed by atoms with Gasteiger partial charge in [-0.15, -0.1) is 11.3 Å². The maximum atomic E-state index is 13.0. The number of thiazole rings is 1. The molecule has 6 nitrogen and oxygen atoms in total. The lowest BCUT2D eigenvalue weighted by atomic mass is 9.89. The SMILES string of the molecule is COc1ccc(CC(=O)N(CC(=O)Nc2nccs2)CC2CCCCC2)cc1. The van der Waals surface area contributed by atoms with Crippen LogP contribution in [0.5, 0.6) is 5.75 Å². The van der Waals surface area contributed by atoms with Gasteiger partial charge in [-0.3, -0.25) is 9.59 Å². The fraction of sp³-hybridized carbons (Fsp3) is 0.476. The summed E-state index contributed by atoms with van der Waals surface area (Å²) in [6.07, 6.45) is 7.85. The lowest BCUT2D eigenvalue weighted by Crippen LogP contribution is -2.42. The smallest absolute Gasteiger partial charge is 0.245 e. The summed E-state index contributed by atoms with van der Waals surface area (Å²) >= 11 is 1.37. The first-order valence-corrected chi connectivity index (χ1v) is 10.6. The van der Waals surface area contributed by atoms with Crippen molar-refractivity contribution >= 4 is 28.3 Å². The Morgan fingerprint density at radius 3 is 2.61 bits per heavy atom. The summed E-state index contributed by atoms with van der Waals surface area (Å²) in [6.45, 7) is 0.700. The Morgan fingerprint density at radius 1 is 1.21 bits per heavy atom. The van der Waals surface area contributed by atoms with Gasteiger partial charge < -0.3 is 15.0 Å². The number of anilines is 1. The number of nitrogens with one attached hydrogen (secondary N) is 1. The largest absolute Gasteiger partial charge is 0.497 e. The molecule has 0 saturated heterocycles. The standard InChI is InChI=1S/C21H27N3O3S/c1-27-18-9-7-16(8-10-18)13-20(26)24(14-17-5-3-2-4-6-17)15-19(25)23-21-22-11-12-28-21/h7-12,17H,2-6,13-15H2,1H3,(H,22,23,25). The Balaban J connectivity index is 1.64. The molecule has 1 heterocycles. The van der Waals surface area contributed by atoms with E-state index in [0.29, 0.717) is 17.6 Å². The molecule has 0 unspecified atom stereocenters. The van der Waals surface area contributed by atoms with Crippen LogP contribution in [0.25, 0.3) is 0 Å². The van der Waals surface area contributed by atoms with Crippen LogP contribution in [0, 0.1) is 5.92 Å². The maximum absolute atomic E-state index is 13.0. The summed E-state index contributed by atoms with van der Waals surface area (Å²) in [5, 5.41) is 5.15. The molecule has 1 N–H and O–H groups in total. The molecule has 0 atom stereocenters. The van der Waals surface area contributed by atoms with Crippen LogP contribution >= 0.6 is 11.3 Å². The van der Waals surface area contributed by atoms with Crippen LogP contribution < -0.4 is 10.1 Å². The van der Waals surface area contributed by atoms with Crippen molar-refractivity contribution in [3.63, 3.8) is 0 Å². The van der Waals surface area contributed by atoms with Crippen molar-refractivity contribution in [2.24, 2.45) is 5.92 Å². The van der Waals surface area contributed by atoms with Gasteiger partial charge in [0.25, 0.3) is 0 Å². The monoisotopic (exact) mass is 401 g/mol. The molecule has 1 aliphatic rings. The quantitative estimate of drug-likeness (QED) is 0.731. The topological polar surface area (TPSA) is 71.5 Å². The molecular formula is C21H27N3O3S. The number of aromatic nitrogens is 1. The summed E-state index contributed by atoms with van der Waals surface area (Å²) < 4.78 is 5.17. The van der Waals surface area contributed by atoms with Crippen LogP contribution in [0.15, 0.2) is 35.8 Å². The molecule has 0 bridgehead atoms. The number of rotatable bonds is 8. The van der Waals surface area contributed by atoms with Gasteiger partial charge in [0.15, 0.2) is 5.13 Å². The maximum Gasteiger partial charge on any atom is 0.245 e. The van der Waals surface area contributed by atoms with E-state index in [1.54, 1.807) is 18.2 Å². The van der Waals surface area contributed by atoms with Crippen molar-refractivity contribution in [3.8, 4) is 5.75 Å². The van der Waals surface area contributed by atoms with Gasteiger partial charge in [0.1, 0.15) is 5.75 Å². The van der Waals surface area contributed by atoms with Crippen LogP contribution in [0.2, 0.25) is 0 Å². The Bertz CT molecular complexity index is 756. The van der Waals surface area contributed by atoms with E-state index in [1.165, 1.54) is 30.6 Å². The minimum atomic E-state index is -0.200. The number of hydrogen-bond donors (Lipinski definition) is 1. The molecule has 3 rings (SSSR count). The third-order valence-electron chi connectivity index (χ3n) is 5.08. The third-order valence-corrected chi connectivity index (χ3v) is 5.77. The Morgan fingerprint density at radius 2 is 1.96 bits per heavy atom. The first-order valence-electron chi connectivity index (χ1n) is 9.74. The molecule has 1 saturated carbocycles. The highest BCUT2D eigenvalue weighted by Gasteiger charge is 2.23. The van der Waals surface area contributed by atoms with Crippen LogP contribution in [0.3, 0.4) is 0 Å². The Labute approximate surface area is 169 Å². The fourth-order valence-electron chi connectivity index (χ4n) is 3.58. The second-order valence-corrected chi connectivity index (χ2v) is 8.08. The summed E-state index contributed by atoms with van der Waals surface area (Å²) in [7, 11) is 1.62. The summed E-state index contributed by atoms with van der Waals surface area (Å²) in [5.74, 6) is 1.01. The molecule has 0 spiro atoms. The first-order chi connectivity index (χ1) is 13.6. The molecule has 28 heavy (non-hydrogen) atoms. The minimum Gasteiger partial charge on any atom is -0.497 e.